The Labute approximate surface area is 92.0 Å². The first-order valence-corrected chi connectivity index (χ1v) is 4.42. The van der Waals surface area contributed by atoms with E-state index >= 15 is 0 Å². The zero-order chi connectivity index (χ0) is 9.14. The summed E-state index contributed by atoms with van der Waals surface area (Å²) in [5.41, 5.74) is 6.48. The van der Waals surface area contributed by atoms with Crippen LogP contribution < -0.4 is 5.73 Å². The van der Waals surface area contributed by atoms with Crippen molar-refractivity contribution in [1.82, 2.24) is 0 Å². The summed E-state index contributed by atoms with van der Waals surface area (Å²) in [6, 6.07) is 6.96. The van der Waals surface area contributed by atoms with Crippen LogP contribution in [0.3, 0.4) is 0 Å². The molecule has 0 aliphatic carbocycles. The van der Waals surface area contributed by atoms with Crippen molar-refractivity contribution < 1.29 is 4.79 Å². The van der Waals surface area contributed by atoms with Crippen LogP contribution in [0.15, 0.2) is 28.7 Å². The fourth-order valence-electron chi connectivity index (χ4n) is 0.935. The molecule has 72 valence electrons. The lowest BCUT2D eigenvalue weighted by Crippen LogP contribution is -2.18. The number of hydrogen-bond donors (Lipinski definition) is 1. The summed E-state index contributed by atoms with van der Waals surface area (Å²) in [5, 5.41) is 0. The lowest BCUT2D eigenvalue weighted by Gasteiger charge is -2.07. The van der Waals surface area contributed by atoms with E-state index in [1.807, 2.05) is 24.3 Å². The van der Waals surface area contributed by atoms with E-state index in [1.54, 1.807) is 0 Å². The molecule has 13 heavy (non-hydrogen) atoms. The molecule has 0 aromatic heterocycles. The van der Waals surface area contributed by atoms with Crippen molar-refractivity contribution in [3.8, 4) is 0 Å². The normalized spacial score (nSPS) is 11.6. The van der Waals surface area contributed by atoms with Crippen LogP contribution in [0, 0.1) is 0 Å². The zero-order valence-electron chi connectivity index (χ0n) is 7.16. The Morgan fingerprint density at radius 1 is 1.54 bits per heavy atom. The number of halogens is 2. The van der Waals surface area contributed by atoms with Crippen molar-refractivity contribution in [3.05, 3.63) is 34.3 Å². The van der Waals surface area contributed by atoms with Gasteiger partial charge in [-0.1, -0.05) is 28.1 Å². The van der Waals surface area contributed by atoms with E-state index in [9.17, 15) is 4.79 Å². The van der Waals surface area contributed by atoms with Gasteiger partial charge in [-0.15, -0.1) is 12.4 Å². The minimum absolute atomic E-state index is 0. The van der Waals surface area contributed by atoms with Gasteiger partial charge in [0.15, 0.2) is 5.78 Å². The van der Waals surface area contributed by atoms with Crippen molar-refractivity contribution in [3.63, 3.8) is 0 Å². The number of hydrogen-bond acceptors (Lipinski definition) is 2. The summed E-state index contributed by atoms with van der Waals surface area (Å²) in [7, 11) is 0. The van der Waals surface area contributed by atoms with Gasteiger partial charge >= 0.3 is 0 Å². The van der Waals surface area contributed by atoms with Gasteiger partial charge in [-0.05, 0) is 24.6 Å². The molecule has 0 saturated heterocycles. The highest BCUT2D eigenvalue weighted by atomic mass is 79.9. The quantitative estimate of drug-likeness (QED) is 0.892. The molecule has 0 saturated carbocycles. The Bertz CT molecular complexity index is 303. The van der Waals surface area contributed by atoms with Gasteiger partial charge in [0.05, 0.1) is 6.04 Å². The fourth-order valence-corrected chi connectivity index (χ4v) is 1.35. The molecule has 1 atom stereocenters. The van der Waals surface area contributed by atoms with E-state index in [-0.39, 0.29) is 18.2 Å². The van der Waals surface area contributed by atoms with Crippen LogP contribution in [0.5, 0.6) is 0 Å². The molecule has 2 N–H and O–H groups in total. The molecule has 0 aliphatic heterocycles. The lowest BCUT2D eigenvalue weighted by molar-refractivity contribution is -0.118. The predicted octanol–water partition coefficient (Wildman–Crippen LogP) is 2.46. The van der Waals surface area contributed by atoms with Gasteiger partial charge in [-0.25, -0.2) is 0 Å². The first-order chi connectivity index (χ1) is 5.61. The molecule has 1 aromatic carbocycles. The first-order valence-electron chi connectivity index (χ1n) is 3.63. The highest BCUT2D eigenvalue weighted by Crippen LogP contribution is 2.16. The molecule has 1 unspecified atom stereocenters. The minimum atomic E-state index is -0.498. The van der Waals surface area contributed by atoms with Gasteiger partial charge in [0.25, 0.3) is 0 Å². The molecule has 0 fully saturated rings. The van der Waals surface area contributed by atoms with Gasteiger partial charge in [-0.3, -0.25) is 4.79 Å². The van der Waals surface area contributed by atoms with Crippen molar-refractivity contribution in [2.75, 3.05) is 0 Å². The molecular weight excluding hydrogens is 253 g/mol. The molecule has 0 heterocycles. The van der Waals surface area contributed by atoms with Crippen molar-refractivity contribution in [2.45, 2.75) is 13.0 Å². The Balaban J connectivity index is 0.00000144. The Morgan fingerprint density at radius 2 is 2.15 bits per heavy atom. The SMILES string of the molecule is CC(=O)C(N)c1cccc(Br)c1.Cl. The van der Waals surface area contributed by atoms with Crippen LogP contribution in [0.25, 0.3) is 0 Å². The summed E-state index contributed by atoms with van der Waals surface area (Å²) in [6.07, 6.45) is 0. The third-order valence-corrected chi connectivity index (χ3v) is 2.14. The highest BCUT2D eigenvalue weighted by Gasteiger charge is 2.10. The average Bonchev–Trinajstić information content (AvgIpc) is 2.03. The van der Waals surface area contributed by atoms with Crippen LogP contribution in [-0.4, -0.2) is 5.78 Å². The number of Topliss-reactive ketones (excluding diaryl/α,β-unsaturated/α-hetero) is 1. The number of ketones is 1. The van der Waals surface area contributed by atoms with Crippen LogP contribution in [0.1, 0.15) is 18.5 Å². The third-order valence-electron chi connectivity index (χ3n) is 1.65. The number of rotatable bonds is 2. The van der Waals surface area contributed by atoms with E-state index < -0.39 is 6.04 Å². The van der Waals surface area contributed by atoms with E-state index in [1.165, 1.54) is 6.92 Å². The Kier molecular flexibility index (Phi) is 5.21. The summed E-state index contributed by atoms with van der Waals surface area (Å²) in [5.74, 6) is -0.0203. The molecule has 0 spiro atoms. The second kappa shape index (κ2) is 5.37. The lowest BCUT2D eigenvalue weighted by atomic mass is 10.1. The number of benzene rings is 1. The molecule has 0 amide bonds. The molecule has 1 rings (SSSR count). The summed E-state index contributed by atoms with van der Waals surface area (Å²) in [4.78, 5) is 10.9. The minimum Gasteiger partial charge on any atom is -0.318 e. The third kappa shape index (κ3) is 3.46. The molecular formula is C9H11BrClNO. The van der Waals surface area contributed by atoms with Gasteiger partial charge in [0.1, 0.15) is 0 Å². The van der Waals surface area contributed by atoms with Crippen LogP contribution in [0.2, 0.25) is 0 Å². The van der Waals surface area contributed by atoms with Crippen LogP contribution in [0.4, 0.5) is 0 Å². The monoisotopic (exact) mass is 263 g/mol. The second-order valence-electron chi connectivity index (χ2n) is 2.64. The van der Waals surface area contributed by atoms with E-state index in [0.717, 1.165) is 10.0 Å². The Morgan fingerprint density at radius 3 is 2.62 bits per heavy atom. The van der Waals surface area contributed by atoms with E-state index in [0.29, 0.717) is 0 Å². The van der Waals surface area contributed by atoms with Gasteiger partial charge < -0.3 is 5.73 Å². The maximum Gasteiger partial charge on any atom is 0.150 e. The zero-order valence-corrected chi connectivity index (χ0v) is 9.56. The van der Waals surface area contributed by atoms with Crippen molar-refractivity contribution in [2.24, 2.45) is 5.73 Å². The largest absolute Gasteiger partial charge is 0.318 e. The van der Waals surface area contributed by atoms with Gasteiger partial charge in [-0.2, -0.15) is 0 Å². The maximum atomic E-state index is 10.9. The molecule has 0 aliphatic rings. The highest BCUT2D eigenvalue weighted by molar-refractivity contribution is 9.10. The molecule has 1 aromatic rings. The standard InChI is InChI=1S/C9H10BrNO.ClH/c1-6(12)9(11)7-3-2-4-8(10)5-7;/h2-5,9H,11H2,1H3;1H. The topological polar surface area (TPSA) is 43.1 Å². The average molecular weight is 265 g/mol. The first kappa shape index (κ1) is 12.6. The van der Waals surface area contributed by atoms with E-state index in [2.05, 4.69) is 15.9 Å². The van der Waals surface area contributed by atoms with Gasteiger partial charge in [0, 0.05) is 4.47 Å². The van der Waals surface area contributed by atoms with Gasteiger partial charge in [0.2, 0.25) is 0 Å². The number of nitrogens with two attached hydrogens (primary N) is 1. The number of carbonyl (C=O) groups excluding carboxylic acids is 1. The fraction of sp³-hybridized carbons (Fsp3) is 0.222. The summed E-state index contributed by atoms with van der Waals surface area (Å²) >= 11 is 3.31. The van der Waals surface area contributed by atoms with Crippen molar-refractivity contribution in [1.29, 1.82) is 0 Å². The van der Waals surface area contributed by atoms with Crippen LogP contribution >= 0.6 is 28.3 Å². The molecule has 0 radical (unpaired) electrons. The predicted molar refractivity (Wildman–Crippen MR) is 59.0 cm³/mol. The molecule has 2 nitrogen and oxygen atoms in total. The smallest absolute Gasteiger partial charge is 0.150 e. The summed E-state index contributed by atoms with van der Waals surface area (Å²) in [6.45, 7) is 1.49. The Hall–Kier alpha value is -0.380. The molecule has 0 bridgehead atoms. The molecule has 4 heteroatoms. The second-order valence-corrected chi connectivity index (χ2v) is 3.56. The summed E-state index contributed by atoms with van der Waals surface area (Å²) < 4.78 is 0.941. The van der Waals surface area contributed by atoms with Crippen LogP contribution in [-0.2, 0) is 4.79 Å². The maximum absolute atomic E-state index is 10.9. The number of carbonyl (C=O) groups is 1. The van der Waals surface area contributed by atoms with Crippen molar-refractivity contribution >= 4 is 34.1 Å². The van der Waals surface area contributed by atoms with E-state index in [4.69, 9.17) is 5.73 Å².